The highest BCUT2D eigenvalue weighted by Crippen LogP contribution is 2.27. The van der Waals surface area contributed by atoms with Crippen LogP contribution >= 0.6 is 11.6 Å². The van der Waals surface area contributed by atoms with Crippen LogP contribution in [-0.2, 0) is 4.74 Å². The molecule has 0 amide bonds. The van der Waals surface area contributed by atoms with Crippen LogP contribution in [0.4, 0.5) is 20.3 Å². The number of pyridine rings is 1. The normalized spacial score (nSPS) is 14.2. The van der Waals surface area contributed by atoms with E-state index in [9.17, 15) is 13.6 Å². The maximum atomic E-state index is 13.6. The molecule has 0 spiro atoms. The Hall–Kier alpha value is -2.41. The Kier molecular flexibility index (Phi) is 4.53. The van der Waals surface area contributed by atoms with Crippen molar-refractivity contribution in [1.29, 1.82) is 0 Å². The van der Waals surface area contributed by atoms with Gasteiger partial charge in [0.05, 0.1) is 23.9 Å². The summed E-state index contributed by atoms with van der Waals surface area (Å²) in [5.74, 6) is -1.33. The molecule has 5 nitrogen and oxygen atoms in total. The number of rotatable bonds is 4. The van der Waals surface area contributed by atoms with Gasteiger partial charge < -0.3 is 15.0 Å². The lowest BCUT2D eigenvalue weighted by Gasteiger charge is -2.41. The van der Waals surface area contributed by atoms with Crippen molar-refractivity contribution in [3.8, 4) is 0 Å². The van der Waals surface area contributed by atoms with E-state index in [1.165, 1.54) is 31.5 Å². The van der Waals surface area contributed by atoms with Gasteiger partial charge in [-0.15, -0.1) is 0 Å². The van der Waals surface area contributed by atoms with Gasteiger partial charge in [0.1, 0.15) is 23.0 Å². The van der Waals surface area contributed by atoms with Gasteiger partial charge in [0, 0.05) is 25.4 Å². The number of nitrogens with zero attached hydrogens (tertiary/aromatic N) is 2. The Morgan fingerprint density at radius 3 is 2.79 bits per heavy atom. The Morgan fingerprint density at radius 1 is 1.38 bits per heavy atom. The second kappa shape index (κ2) is 6.60. The Balaban J connectivity index is 1.69. The van der Waals surface area contributed by atoms with Gasteiger partial charge in [0.15, 0.2) is 0 Å². The molecule has 0 saturated carbocycles. The lowest BCUT2D eigenvalue weighted by atomic mass is 10.1. The molecule has 24 heavy (non-hydrogen) atoms. The Morgan fingerprint density at radius 2 is 2.12 bits per heavy atom. The lowest BCUT2D eigenvalue weighted by molar-refractivity contribution is 0.0600. The second-order valence-electron chi connectivity index (χ2n) is 5.39. The molecule has 1 saturated heterocycles. The van der Waals surface area contributed by atoms with Gasteiger partial charge in [0.25, 0.3) is 0 Å². The average Bonchev–Trinajstić information content (AvgIpc) is 2.52. The van der Waals surface area contributed by atoms with Crippen LogP contribution < -0.4 is 10.2 Å². The van der Waals surface area contributed by atoms with Gasteiger partial charge >= 0.3 is 5.97 Å². The summed E-state index contributed by atoms with van der Waals surface area (Å²) >= 11 is 5.88. The van der Waals surface area contributed by atoms with Crippen molar-refractivity contribution >= 4 is 29.1 Å². The van der Waals surface area contributed by atoms with Gasteiger partial charge in [-0.2, -0.15) is 0 Å². The maximum Gasteiger partial charge on any atom is 0.341 e. The molecule has 2 heterocycles. The summed E-state index contributed by atoms with van der Waals surface area (Å²) in [5, 5.41) is 3.33. The standard InChI is InChI=1S/C16H14ClF2N3O2/c1-24-16(23)12-4-9(17)6-20-15(12)22-7-11(8-22)21-14-3-2-10(18)5-13(14)19/h2-6,11,21H,7-8H2,1H3. The fourth-order valence-corrected chi connectivity index (χ4v) is 2.67. The highest BCUT2D eigenvalue weighted by Gasteiger charge is 2.31. The number of benzene rings is 1. The number of carbonyl (C=O) groups excluding carboxylic acids is 1. The second-order valence-corrected chi connectivity index (χ2v) is 5.82. The van der Waals surface area contributed by atoms with Gasteiger partial charge in [-0.1, -0.05) is 11.6 Å². The zero-order valence-electron chi connectivity index (χ0n) is 12.7. The molecular formula is C16H14ClF2N3O2. The topological polar surface area (TPSA) is 54.5 Å². The van der Waals surface area contributed by atoms with Crippen LogP contribution in [0.15, 0.2) is 30.5 Å². The number of hydrogen-bond donors (Lipinski definition) is 1. The highest BCUT2D eigenvalue weighted by atomic mass is 35.5. The minimum atomic E-state index is -0.645. The first kappa shape index (κ1) is 16.4. The summed E-state index contributed by atoms with van der Waals surface area (Å²) in [6.45, 7) is 1.02. The number of halogens is 3. The van der Waals surface area contributed by atoms with E-state index in [1.807, 2.05) is 4.90 Å². The molecule has 1 aromatic heterocycles. The highest BCUT2D eigenvalue weighted by molar-refractivity contribution is 6.30. The predicted octanol–water partition coefficient (Wildman–Crippen LogP) is 3.10. The van der Waals surface area contributed by atoms with Crippen LogP contribution in [0.1, 0.15) is 10.4 Å². The van der Waals surface area contributed by atoms with E-state index < -0.39 is 17.6 Å². The number of carbonyl (C=O) groups is 1. The molecular weight excluding hydrogens is 340 g/mol. The van der Waals surface area contributed by atoms with Crippen molar-refractivity contribution in [2.24, 2.45) is 0 Å². The summed E-state index contributed by atoms with van der Waals surface area (Å²) in [4.78, 5) is 17.9. The summed E-state index contributed by atoms with van der Waals surface area (Å²) in [6.07, 6.45) is 1.45. The average molecular weight is 354 g/mol. The van der Waals surface area contributed by atoms with Crippen LogP contribution in [0.5, 0.6) is 0 Å². The van der Waals surface area contributed by atoms with E-state index in [2.05, 4.69) is 10.3 Å². The molecule has 0 unspecified atom stereocenters. The number of nitrogens with one attached hydrogen (secondary N) is 1. The van der Waals surface area contributed by atoms with Crippen LogP contribution in [0.25, 0.3) is 0 Å². The van der Waals surface area contributed by atoms with E-state index in [1.54, 1.807) is 0 Å². The first-order valence-corrected chi connectivity index (χ1v) is 7.56. The molecule has 2 aromatic rings. The molecule has 1 aliphatic rings. The SMILES string of the molecule is COC(=O)c1cc(Cl)cnc1N1CC(Nc2ccc(F)cc2F)C1. The first-order valence-electron chi connectivity index (χ1n) is 7.18. The van der Waals surface area contributed by atoms with Crippen molar-refractivity contribution in [3.05, 3.63) is 52.7 Å². The largest absolute Gasteiger partial charge is 0.465 e. The zero-order valence-corrected chi connectivity index (χ0v) is 13.5. The van der Waals surface area contributed by atoms with Gasteiger partial charge in [-0.05, 0) is 18.2 Å². The smallest absolute Gasteiger partial charge is 0.341 e. The summed E-state index contributed by atoms with van der Waals surface area (Å²) in [6, 6.07) is 4.82. The molecule has 1 aliphatic heterocycles. The fourth-order valence-electron chi connectivity index (χ4n) is 2.51. The molecule has 0 radical (unpaired) electrons. The third-order valence-corrected chi connectivity index (χ3v) is 3.92. The fraction of sp³-hybridized carbons (Fsp3) is 0.250. The molecule has 1 aromatic carbocycles. The third kappa shape index (κ3) is 3.26. The van der Waals surface area contributed by atoms with Crippen molar-refractivity contribution in [2.45, 2.75) is 6.04 Å². The quantitative estimate of drug-likeness (QED) is 0.856. The predicted molar refractivity (Wildman–Crippen MR) is 86.6 cm³/mol. The summed E-state index contributed by atoms with van der Waals surface area (Å²) in [7, 11) is 1.28. The number of methoxy groups -OCH3 is 1. The van der Waals surface area contributed by atoms with Crippen LogP contribution in [0.3, 0.4) is 0 Å². The van der Waals surface area contributed by atoms with Crippen molar-refractivity contribution in [1.82, 2.24) is 4.98 Å². The van der Waals surface area contributed by atoms with Crippen molar-refractivity contribution < 1.29 is 18.3 Å². The van der Waals surface area contributed by atoms with Crippen LogP contribution in [0, 0.1) is 11.6 Å². The van der Waals surface area contributed by atoms with E-state index in [0.717, 1.165) is 6.07 Å². The van der Waals surface area contributed by atoms with Gasteiger partial charge in [-0.3, -0.25) is 0 Å². The van der Waals surface area contributed by atoms with Gasteiger partial charge in [0.2, 0.25) is 0 Å². The number of hydrogen-bond acceptors (Lipinski definition) is 5. The minimum Gasteiger partial charge on any atom is -0.465 e. The van der Waals surface area contributed by atoms with E-state index in [4.69, 9.17) is 16.3 Å². The number of esters is 1. The van der Waals surface area contributed by atoms with Crippen LogP contribution in [0.2, 0.25) is 5.02 Å². The van der Waals surface area contributed by atoms with Crippen LogP contribution in [-0.4, -0.2) is 37.2 Å². The molecule has 3 rings (SSSR count). The monoisotopic (exact) mass is 353 g/mol. The van der Waals surface area contributed by atoms with E-state index >= 15 is 0 Å². The molecule has 126 valence electrons. The molecule has 8 heteroatoms. The van der Waals surface area contributed by atoms with E-state index in [-0.39, 0.29) is 17.3 Å². The van der Waals surface area contributed by atoms with Crippen molar-refractivity contribution in [3.63, 3.8) is 0 Å². The molecule has 0 bridgehead atoms. The summed E-state index contributed by atoms with van der Waals surface area (Å²) in [5.41, 5.74) is 0.509. The molecule has 0 atom stereocenters. The number of ether oxygens (including phenoxy) is 1. The van der Waals surface area contributed by atoms with Gasteiger partial charge in [-0.25, -0.2) is 18.6 Å². The summed E-state index contributed by atoms with van der Waals surface area (Å²) < 4.78 is 31.3. The molecule has 1 fully saturated rings. The molecule has 1 N–H and O–H groups in total. The number of anilines is 2. The zero-order chi connectivity index (χ0) is 17.3. The third-order valence-electron chi connectivity index (χ3n) is 3.71. The van der Waals surface area contributed by atoms with Crippen molar-refractivity contribution in [2.75, 3.05) is 30.4 Å². The molecule has 0 aliphatic carbocycles. The van der Waals surface area contributed by atoms with E-state index in [0.29, 0.717) is 23.9 Å². The first-order chi connectivity index (χ1) is 11.5. The minimum absolute atomic E-state index is 0.0482. The Bertz CT molecular complexity index is 782. The lowest BCUT2D eigenvalue weighted by Crippen LogP contribution is -2.55. The Labute approximate surface area is 142 Å². The maximum absolute atomic E-state index is 13.6. The number of aromatic nitrogens is 1.